The topological polar surface area (TPSA) is 51.3 Å². The molecule has 1 aromatic carbocycles. The number of carbonyl (C=O) groups excluding carboxylic acids is 1. The minimum atomic E-state index is -0.116. The van der Waals surface area contributed by atoms with Gasteiger partial charge >= 0.3 is 0 Å². The van der Waals surface area contributed by atoms with E-state index in [4.69, 9.17) is 0 Å². The molecule has 1 aromatic heterocycles. The van der Waals surface area contributed by atoms with Crippen molar-refractivity contribution in [3.63, 3.8) is 0 Å². The molecule has 2 aromatic rings. The van der Waals surface area contributed by atoms with Crippen molar-refractivity contribution in [3.8, 4) is 0 Å². The Morgan fingerprint density at radius 3 is 2.60 bits per heavy atom. The van der Waals surface area contributed by atoms with Crippen molar-refractivity contribution in [2.24, 2.45) is 0 Å². The second-order valence-electron chi connectivity index (χ2n) is 4.66. The summed E-state index contributed by atoms with van der Waals surface area (Å²) in [5, 5.41) is 12.3. The third kappa shape index (κ3) is 2.08. The summed E-state index contributed by atoms with van der Waals surface area (Å²) >= 11 is 1.66. The fraction of sp³-hybridized carbons (Fsp3) is 0.125. The molecule has 0 radical (unpaired) electrons. The number of aliphatic hydroxyl groups is 1. The van der Waals surface area contributed by atoms with Gasteiger partial charge in [-0.05, 0) is 11.4 Å². The Bertz CT molecular complexity index is 727. The maximum Gasteiger partial charge on any atom is 0.203 e. The van der Waals surface area contributed by atoms with Crippen LogP contribution < -0.4 is 4.99 Å². The van der Waals surface area contributed by atoms with Crippen LogP contribution in [0.2, 0.25) is 0 Å². The fourth-order valence-corrected chi connectivity index (χ4v) is 2.98. The number of Topliss-reactive ketones (excluding diaryl/α,β-unsaturated/α-hetero) is 1. The van der Waals surface area contributed by atoms with Gasteiger partial charge in [-0.1, -0.05) is 30.3 Å². The van der Waals surface area contributed by atoms with Gasteiger partial charge in [0.25, 0.3) is 0 Å². The Kier molecular flexibility index (Phi) is 3.24. The quantitative estimate of drug-likeness (QED) is 0.847. The highest BCUT2D eigenvalue weighted by Gasteiger charge is 2.33. The highest BCUT2D eigenvalue weighted by Crippen LogP contribution is 2.30. The van der Waals surface area contributed by atoms with Gasteiger partial charge in [-0.3, -0.25) is 4.79 Å². The average Bonchev–Trinajstić information content (AvgIpc) is 3.05. The van der Waals surface area contributed by atoms with Crippen LogP contribution in [0.3, 0.4) is 0 Å². The predicted molar refractivity (Wildman–Crippen MR) is 80.0 cm³/mol. The third-order valence-electron chi connectivity index (χ3n) is 3.37. The lowest BCUT2D eigenvalue weighted by Crippen LogP contribution is -2.71. The van der Waals surface area contributed by atoms with Crippen molar-refractivity contribution >= 4 is 28.6 Å². The van der Waals surface area contributed by atoms with Gasteiger partial charge in [0.15, 0.2) is 12.3 Å². The third-order valence-corrected chi connectivity index (χ3v) is 4.25. The molecule has 0 bridgehead atoms. The molecule has 100 valence electrons. The summed E-state index contributed by atoms with van der Waals surface area (Å²) in [6.45, 7) is 2.48. The van der Waals surface area contributed by atoms with Gasteiger partial charge < -0.3 is 5.11 Å². The Balaban J connectivity index is 1.93. The number of benzene rings is 1. The molecular formula is C16H14NO2S+. The van der Waals surface area contributed by atoms with E-state index in [2.05, 4.69) is 4.99 Å². The molecule has 3 rings (SSSR count). The van der Waals surface area contributed by atoms with Crippen molar-refractivity contribution in [1.82, 2.24) is 0 Å². The molecule has 1 aliphatic rings. The van der Waals surface area contributed by atoms with Crippen molar-refractivity contribution in [2.75, 3.05) is 0 Å². The smallest absolute Gasteiger partial charge is 0.203 e. The molecule has 20 heavy (non-hydrogen) atoms. The zero-order chi connectivity index (χ0) is 14.1. The van der Waals surface area contributed by atoms with E-state index in [1.807, 2.05) is 30.5 Å². The van der Waals surface area contributed by atoms with Gasteiger partial charge in [0.1, 0.15) is 11.3 Å². The number of nitrogens with one attached hydrogen (secondary N) is 1. The normalized spacial score (nSPS) is 14.8. The van der Waals surface area contributed by atoms with Crippen LogP contribution in [-0.2, 0) is 6.54 Å². The lowest BCUT2D eigenvalue weighted by atomic mass is 10.1. The van der Waals surface area contributed by atoms with E-state index in [0.29, 0.717) is 29.0 Å². The van der Waals surface area contributed by atoms with Gasteiger partial charge in [-0.15, -0.1) is 11.3 Å². The first-order valence-corrected chi connectivity index (χ1v) is 7.24. The zero-order valence-electron chi connectivity index (χ0n) is 11.0. The maximum atomic E-state index is 12.3. The largest absolute Gasteiger partial charge is 0.506 e. The number of thiophene rings is 1. The number of hydrogen-bond acceptors (Lipinski definition) is 3. The molecule has 0 saturated heterocycles. The van der Waals surface area contributed by atoms with Crippen LogP contribution in [0.1, 0.15) is 27.7 Å². The monoisotopic (exact) mass is 284 g/mol. The van der Waals surface area contributed by atoms with Crippen LogP contribution in [0.5, 0.6) is 0 Å². The molecule has 0 saturated carbocycles. The molecule has 0 fully saturated rings. The molecule has 1 aliphatic carbocycles. The molecule has 0 aliphatic heterocycles. The molecule has 0 atom stereocenters. The van der Waals surface area contributed by atoms with Crippen molar-refractivity contribution < 1.29 is 14.9 Å². The van der Waals surface area contributed by atoms with Crippen LogP contribution in [0, 0.1) is 0 Å². The molecule has 2 N–H and O–H groups in total. The number of carbonyl (C=O) groups is 1. The first kappa shape index (κ1) is 12.8. The number of aliphatic hydroxyl groups excluding tert-OH is 1. The lowest BCUT2D eigenvalue weighted by molar-refractivity contribution is -0.474. The second kappa shape index (κ2) is 5.06. The molecule has 0 unspecified atom stereocenters. The van der Waals surface area contributed by atoms with Crippen LogP contribution in [0.4, 0.5) is 0 Å². The molecule has 0 amide bonds. The van der Waals surface area contributed by atoms with Gasteiger partial charge in [0.2, 0.25) is 5.78 Å². The maximum absolute atomic E-state index is 12.3. The molecule has 1 heterocycles. The molecule has 0 spiro atoms. The first-order chi connectivity index (χ1) is 9.68. The van der Waals surface area contributed by atoms with Crippen molar-refractivity contribution in [3.05, 3.63) is 63.4 Å². The van der Waals surface area contributed by atoms with E-state index in [-0.39, 0.29) is 11.5 Å². The minimum absolute atomic E-state index is 0.0711. The van der Waals surface area contributed by atoms with E-state index in [0.717, 1.165) is 0 Å². The van der Waals surface area contributed by atoms with E-state index >= 15 is 0 Å². The Morgan fingerprint density at radius 2 is 1.95 bits per heavy atom. The summed E-state index contributed by atoms with van der Waals surface area (Å²) in [6.07, 6.45) is 0. The predicted octanol–water partition coefficient (Wildman–Crippen LogP) is 1.96. The zero-order valence-corrected chi connectivity index (χ0v) is 11.8. The van der Waals surface area contributed by atoms with E-state index in [1.54, 1.807) is 29.5 Å². The van der Waals surface area contributed by atoms with E-state index in [1.165, 1.54) is 4.88 Å². The number of ketones is 1. The summed E-state index contributed by atoms with van der Waals surface area (Å²) in [4.78, 5) is 16.7. The van der Waals surface area contributed by atoms with E-state index < -0.39 is 0 Å². The van der Waals surface area contributed by atoms with Crippen molar-refractivity contribution in [2.45, 2.75) is 13.5 Å². The summed E-state index contributed by atoms with van der Waals surface area (Å²) in [5.41, 5.74) is 2.27. The average molecular weight is 284 g/mol. The number of allylic oxidation sites excluding steroid dienone is 1. The standard InChI is InChI=1S/C16H13NO2S/c1-10(17-9-11-5-4-8-20-11)14-15(18)12-6-2-3-7-13(12)16(14)19/h2-8,18H,9H2,1H3/p+1. The lowest BCUT2D eigenvalue weighted by Gasteiger charge is -1.96. The van der Waals surface area contributed by atoms with Crippen molar-refractivity contribution in [1.29, 1.82) is 0 Å². The summed E-state index contributed by atoms with van der Waals surface area (Å²) in [7, 11) is 0. The molecular weight excluding hydrogens is 270 g/mol. The minimum Gasteiger partial charge on any atom is -0.506 e. The summed E-state index contributed by atoms with van der Waals surface area (Å²) in [6, 6.07) is 11.2. The highest BCUT2D eigenvalue weighted by atomic mass is 32.1. The fourth-order valence-electron chi connectivity index (χ4n) is 2.33. The van der Waals surface area contributed by atoms with Gasteiger partial charge in [-0.25, -0.2) is 4.99 Å². The SMILES string of the molecule is CC(=[NH+]Cc1cccs1)C1=C(O)c2ccccc2C1=O. The van der Waals surface area contributed by atoms with Gasteiger partial charge in [-0.2, -0.15) is 0 Å². The van der Waals surface area contributed by atoms with Gasteiger partial charge in [0, 0.05) is 18.1 Å². The molecule has 3 nitrogen and oxygen atoms in total. The van der Waals surface area contributed by atoms with Crippen LogP contribution >= 0.6 is 11.3 Å². The highest BCUT2D eigenvalue weighted by molar-refractivity contribution is 7.09. The first-order valence-electron chi connectivity index (χ1n) is 6.36. The summed E-state index contributed by atoms with van der Waals surface area (Å²) < 4.78 is 0. The number of rotatable bonds is 3. The Hall–Kier alpha value is -2.20. The van der Waals surface area contributed by atoms with E-state index in [9.17, 15) is 9.90 Å². The molecule has 4 heteroatoms. The van der Waals surface area contributed by atoms with Gasteiger partial charge in [0.05, 0.1) is 4.88 Å². The van der Waals surface area contributed by atoms with Crippen LogP contribution in [-0.4, -0.2) is 16.6 Å². The number of hydrogen-bond donors (Lipinski definition) is 2. The summed E-state index contributed by atoms with van der Waals surface area (Å²) in [5.74, 6) is -0.0453. The Labute approximate surface area is 120 Å². The van der Waals surface area contributed by atoms with Crippen LogP contribution in [0.15, 0.2) is 47.4 Å². The second-order valence-corrected chi connectivity index (χ2v) is 5.69. The number of fused-ring (bicyclic) bond motifs is 1. The van der Waals surface area contributed by atoms with Crippen LogP contribution in [0.25, 0.3) is 5.76 Å². The Morgan fingerprint density at radius 1 is 1.20 bits per heavy atom.